The zero-order valence-electron chi connectivity index (χ0n) is 19.8. The predicted molar refractivity (Wildman–Crippen MR) is 137 cm³/mol. The van der Waals surface area contributed by atoms with Gasteiger partial charge in [0, 0.05) is 43.2 Å². The van der Waals surface area contributed by atoms with Gasteiger partial charge in [0.25, 0.3) is 5.91 Å². The van der Waals surface area contributed by atoms with Gasteiger partial charge >= 0.3 is 0 Å². The lowest BCUT2D eigenvalue weighted by atomic mass is 9.86. The number of amides is 1. The lowest BCUT2D eigenvalue weighted by Gasteiger charge is -2.38. The molecule has 7 heteroatoms. The Labute approximate surface area is 209 Å². The van der Waals surface area contributed by atoms with Crippen molar-refractivity contribution in [2.24, 2.45) is 0 Å². The third kappa shape index (κ3) is 5.42. The Balaban J connectivity index is 1.23. The molecule has 1 amide bonds. The van der Waals surface area contributed by atoms with Crippen molar-refractivity contribution in [1.82, 2.24) is 19.7 Å². The van der Waals surface area contributed by atoms with Gasteiger partial charge in [0.15, 0.2) is 0 Å². The lowest BCUT2D eigenvalue weighted by molar-refractivity contribution is -0.0172. The Hall–Kier alpha value is -4.10. The minimum atomic E-state index is -0.928. The van der Waals surface area contributed by atoms with E-state index in [1.165, 1.54) is 24.3 Å². The van der Waals surface area contributed by atoms with Gasteiger partial charge in [-0.3, -0.25) is 9.78 Å². The van der Waals surface area contributed by atoms with E-state index >= 15 is 0 Å². The molecule has 3 heterocycles. The summed E-state index contributed by atoms with van der Waals surface area (Å²) in [6.45, 7) is 0.885. The quantitative estimate of drug-likeness (QED) is 0.429. The minimum Gasteiger partial charge on any atom is -0.389 e. The summed E-state index contributed by atoms with van der Waals surface area (Å²) in [5.74, 6) is -0.508. The number of piperidine rings is 1. The molecule has 0 spiro atoms. The molecule has 0 atom stereocenters. The van der Waals surface area contributed by atoms with Crippen molar-refractivity contribution < 1.29 is 14.3 Å². The first kappa shape index (κ1) is 23.6. The maximum absolute atomic E-state index is 13.2. The van der Waals surface area contributed by atoms with Crippen LogP contribution in [0.15, 0.2) is 85.2 Å². The van der Waals surface area contributed by atoms with E-state index in [-0.39, 0.29) is 11.7 Å². The van der Waals surface area contributed by atoms with Crippen LogP contribution in [0, 0.1) is 5.82 Å². The molecule has 6 nitrogen and oxygen atoms in total. The summed E-state index contributed by atoms with van der Waals surface area (Å²) in [6.07, 6.45) is 8.85. The van der Waals surface area contributed by atoms with E-state index in [0.29, 0.717) is 37.9 Å². The number of carbonyl (C=O) groups is 1. The zero-order chi connectivity index (χ0) is 25.0. The van der Waals surface area contributed by atoms with Crippen molar-refractivity contribution in [2.45, 2.75) is 24.9 Å². The molecule has 1 saturated heterocycles. The number of rotatable bonds is 6. The van der Waals surface area contributed by atoms with E-state index in [9.17, 15) is 14.3 Å². The Kier molecular flexibility index (Phi) is 6.73. The van der Waals surface area contributed by atoms with E-state index in [2.05, 4.69) is 10.1 Å². The first-order valence-electron chi connectivity index (χ1n) is 12.0. The average Bonchev–Trinajstić information content (AvgIpc) is 3.36. The normalized spacial score (nSPS) is 15.3. The van der Waals surface area contributed by atoms with Crippen molar-refractivity contribution in [3.63, 3.8) is 0 Å². The molecule has 0 saturated carbocycles. The van der Waals surface area contributed by atoms with Crippen molar-refractivity contribution in [3.8, 4) is 5.69 Å². The van der Waals surface area contributed by atoms with Crippen LogP contribution in [-0.2, 0) is 6.42 Å². The third-order valence-corrected chi connectivity index (χ3v) is 6.58. The number of aliphatic hydroxyl groups is 1. The Morgan fingerprint density at radius 3 is 2.39 bits per heavy atom. The van der Waals surface area contributed by atoms with E-state index < -0.39 is 5.60 Å². The summed E-state index contributed by atoms with van der Waals surface area (Å²) in [4.78, 5) is 18.7. The van der Waals surface area contributed by atoms with Crippen LogP contribution in [0.2, 0.25) is 0 Å². The van der Waals surface area contributed by atoms with Crippen LogP contribution < -0.4 is 0 Å². The molecule has 36 heavy (non-hydrogen) atoms. The minimum absolute atomic E-state index is 0.140. The van der Waals surface area contributed by atoms with Gasteiger partial charge < -0.3 is 10.0 Å². The van der Waals surface area contributed by atoms with Gasteiger partial charge in [0.2, 0.25) is 0 Å². The first-order chi connectivity index (χ1) is 17.5. The van der Waals surface area contributed by atoms with Crippen LogP contribution in [-0.4, -0.2) is 49.4 Å². The van der Waals surface area contributed by atoms with Crippen molar-refractivity contribution in [3.05, 3.63) is 114 Å². The molecular weight excluding hydrogens is 455 g/mol. The summed E-state index contributed by atoms with van der Waals surface area (Å²) in [5, 5.41) is 15.8. The number of nitrogens with zero attached hydrogens (tertiary/aromatic N) is 4. The molecule has 1 aliphatic rings. The molecule has 4 aromatic rings. The largest absolute Gasteiger partial charge is 0.389 e. The topological polar surface area (TPSA) is 71.2 Å². The Morgan fingerprint density at radius 1 is 0.944 bits per heavy atom. The highest BCUT2D eigenvalue weighted by molar-refractivity contribution is 5.94. The second kappa shape index (κ2) is 10.3. The maximum atomic E-state index is 13.2. The molecule has 0 radical (unpaired) electrons. The van der Waals surface area contributed by atoms with Crippen LogP contribution in [0.3, 0.4) is 0 Å². The molecule has 0 aliphatic carbocycles. The Bertz CT molecular complexity index is 1340. The van der Waals surface area contributed by atoms with Gasteiger partial charge in [-0.15, -0.1) is 0 Å². The second-order valence-corrected chi connectivity index (χ2v) is 9.11. The molecule has 5 rings (SSSR count). The van der Waals surface area contributed by atoms with Crippen molar-refractivity contribution in [2.75, 3.05) is 13.1 Å². The standard InChI is InChI=1S/C29H27FN4O2/c30-24-9-7-23(8-10-24)28(35)33-19-15-29(36,16-20-33)21-27-14-18-32-34(27)26-12-5-22(6-13-26)4-11-25-3-1-2-17-31-25/h1-14,17-18,36H,15-16,19-21H2. The Morgan fingerprint density at radius 2 is 1.69 bits per heavy atom. The van der Waals surface area contributed by atoms with Gasteiger partial charge in [-0.05, 0) is 79.1 Å². The van der Waals surface area contributed by atoms with Gasteiger partial charge in [-0.2, -0.15) is 5.10 Å². The molecule has 0 unspecified atom stereocenters. The molecule has 1 N–H and O–H groups in total. The van der Waals surface area contributed by atoms with Gasteiger partial charge in [-0.25, -0.2) is 9.07 Å². The predicted octanol–water partition coefficient (Wildman–Crippen LogP) is 4.79. The monoisotopic (exact) mass is 482 g/mol. The first-order valence-corrected chi connectivity index (χ1v) is 12.0. The second-order valence-electron chi connectivity index (χ2n) is 9.11. The lowest BCUT2D eigenvalue weighted by Crippen LogP contribution is -2.48. The van der Waals surface area contributed by atoms with E-state index in [4.69, 9.17) is 0 Å². The summed E-state index contributed by atoms with van der Waals surface area (Å²) in [5.41, 5.74) is 3.30. The number of benzene rings is 2. The highest BCUT2D eigenvalue weighted by atomic mass is 19.1. The number of hydrogen-bond donors (Lipinski definition) is 1. The molecular formula is C29H27FN4O2. The smallest absolute Gasteiger partial charge is 0.253 e. The maximum Gasteiger partial charge on any atom is 0.253 e. The summed E-state index contributed by atoms with van der Waals surface area (Å²) >= 11 is 0. The fraction of sp³-hybridized carbons (Fsp3) is 0.207. The summed E-state index contributed by atoms with van der Waals surface area (Å²) in [7, 11) is 0. The van der Waals surface area contributed by atoms with E-state index in [1.807, 2.05) is 65.4 Å². The van der Waals surface area contributed by atoms with Gasteiger partial charge in [-0.1, -0.05) is 24.3 Å². The van der Waals surface area contributed by atoms with Crippen molar-refractivity contribution in [1.29, 1.82) is 0 Å². The molecule has 182 valence electrons. The molecule has 2 aromatic heterocycles. The fourth-order valence-corrected chi connectivity index (χ4v) is 4.49. The van der Waals surface area contributed by atoms with Crippen LogP contribution >= 0.6 is 0 Å². The average molecular weight is 483 g/mol. The number of carbonyl (C=O) groups excluding carboxylic acids is 1. The van der Waals surface area contributed by atoms with Gasteiger partial charge in [0.1, 0.15) is 5.82 Å². The molecule has 1 aliphatic heterocycles. The SMILES string of the molecule is O=C(c1ccc(F)cc1)N1CCC(O)(Cc2ccnn2-c2ccc(C=Cc3ccccn3)cc2)CC1. The number of likely N-dealkylation sites (tertiary alicyclic amines) is 1. The van der Waals surface area contributed by atoms with Crippen LogP contribution in [0.1, 0.15) is 40.2 Å². The molecule has 1 fully saturated rings. The van der Waals surface area contributed by atoms with Gasteiger partial charge in [0.05, 0.1) is 17.0 Å². The number of hydrogen-bond acceptors (Lipinski definition) is 4. The molecule has 0 bridgehead atoms. The van der Waals surface area contributed by atoms with E-state index in [1.54, 1.807) is 17.3 Å². The fourth-order valence-electron chi connectivity index (χ4n) is 4.49. The summed E-state index contributed by atoms with van der Waals surface area (Å²) < 4.78 is 15.0. The molecule has 2 aromatic carbocycles. The highest BCUT2D eigenvalue weighted by Gasteiger charge is 2.35. The zero-order valence-corrected chi connectivity index (χ0v) is 19.8. The number of halogens is 1. The van der Waals surface area contributed by atoms with Crippen LogP contribution in [0.25, 0.3) is 17.8 Å². The summed E-state index contributed by atoms with van der Waals surface area (Å²) in [6, 6.07) is 21.3. The van der Waals surface area contributed by atoms with Crippen LogP contribution in [0.4, 0.5) is 4.39 Å². The number of aromatic nitrogens is 3. The van der Waals surface area contributed by atoms with Crippen molar-refractivity contribution >= 4 is 18.1 Å². The van der Waals surface area contributed by atoms with Crippen LogP contribution in [0.5, 0.6) is 0 Å². The number of pyridine rings is 1. The third-order valence-electron chi connectivity index (χ3n) is 6.58. The van der Waals surface area contributed by atoms with E-state index in [0.717, 1.165) is 22.6 Å². The highest BCUT2D eigenvalue weighted by Crippen LogP contribution is 2.28.